The topological polar surface area (TPSA) is 67.1 Å². The minimum absolute atomic E-state index is 0.233. The average Bonchev–Trinajstić information content (AvgIpc) is 2.66. The number of rotatable bonds is 5. The van der Waals surface area contributed by atoms with Crippen molar-refractivity contribution in [1.29, 1.82) is 0 Å². The first-order valence-electron chi connectivity index (χ1n) is 7.55. The Balaban J connectivity index is 2.47. The Morgan fingerprint density at radius 1 is 0.760 bits per heavy atom. The molecule has 0 aliphatic heterocycles. The van der Waals surface area contributed by atoms with Gasteiger partial charge in [0.2, 0.25) is 17.2 Å². The Bertz CT molecular complexity index is 959. The Morgan fingerprint density at radius 2 is 1.32 bits per heavy atom. The third kappa shape index (κ3) is 2.65. The summed E-state index contributed by atoms with van der Waals surface area (Å²) in [7, 11) is 5.86. The molecule has 0 aliphatic rings. The molecule has 0 unspecified atom stereocenters. The van der Waals surface area contributed by atoms with Crippen LogP contribution in [-0.2, 0) is 0 Å². The predicted octanol–water partition coefficient (Wildman–Crippen LogP) is 3.49. The van der Waals surface area contributed by atoms with Crippen LogP contribution in [0.2, 0.25) is 0 Å². The van der Waals surface area contributed by atoms with E-state index in [0.717, 1.165) is 5.56 Å². The van der Waals surface area contributed by atoms with Crippen molar-refractivity contribution in [2.24, 2.45) is 0 Å². The molecular weight excluding hydrogens is 324 g/mol. The van der Waals surface area contributed by atoms with Gasteiger partial charge in [0.05, 0.1) is 28.4 Å². The first kappa shape index (κ1) is 16.7. The van der Waals surface area contributed by atoms with E-state index >= 15 is 0 Å². The lowest BCUT2D eigenvalue weighted by atomic mass is 10.1. The van der Waals surface area contributed by atoms with Crippen molar-refractivity contribution in [3.8, 4) is 34.3 Å². The standard InChI is InChI=1S/C19H18O6/c1-21-15-14-12(20)10-13(11-8-6-5-7-9-11)25-16(14)18(23-3)19(24-4)17(15)22-2/h5-10H,1-4H3. The summed E-state index contributed by atoms with van der Waals surface area (Å²) in [6.07, 6.45) is 0. The van der Waals surface area contributed by atoms with Gasteiger partial charge < -0.3 is 23.4 Å². The minimum Gasteiger partial charge on any atom is -0.492 e. The number of ether oxygens (including phenoxy) is 4. The van der Waals surface area contributed by atoms with Crippen LogP contribution in [0.1, 0.15) is 0 Å². The third-order valence-electron chi connectivity index (χ3n) is 3.87. The van der Waals surface area contributed by atoms with Crippen molar-refractivity contribution >= 4 is 11.0 Å². The van der Waals surface area contributed by atoms with E-state index in [0.29, 0.717) is 11.5 Å². The fraction of sp³-hybridized carbons (Fsp3) is 0.211. The molecule has 0 spiro atoms. The molecule has 3 aromatic rings. The molecule has 0 bridgehead atoms. The molecule has 130 valence electrons. The second-order valence-corrected chi connectivity index (χ2v) is 5.18. The van der Waals surface area contributed by atoms with Crippen LogP contribution in [0.25, 0.3) is 22.3 Å². The summed E-state index contributed by atoms with van der Waals surface area (Å²) >= 11 is 0. The van der Waals surface area contributed by atoms with E-state index in [1.165, 1.54) is 34.5 Å². The van der Waals surface area contributed by atoms with Gasteiger partial charge in [0.25, 0.3) is 0 Å². The Labute approximate surface area is 144 Å². The highest BCUT2D eigenvalue weighted by molar-refractivity contribution is 5.95. The molecule has 0 N–H and O–H groups in total. The van der Waals surface area contributed by atoms with Crippen LogP contribution in [0.3, 0.4) is 0 Å². The molecule has 2 aromatic carbocycles. The highest BCUT2D eigenvalue weighted by atomic mass is 16.5. The van der Waals surface area contributed by atoms with E-state index in [4.69, 9.17) is 23.4 Å². The molecule has 6 heteroatoms. The van der Waals surface area contributed by atoms with Crippen LogP contribution in [-0.4, -0.2) is 28.4 Å². The lowest BCUT2D eigenvalue weighted by Gasteiger charge is -2.17. The molecule has 0 saturated carbocycles. The Kier molecular flexibility index (Phi) is 4.52. The van der Waals surface area contributed by atoms with Gasteiger partial charge in [-0.3, -0.25) is 4.79 Å². The molecule has 1 aromatic heterocycles. The van der Waals surface area contributed by atoms with Gasteiger partial charge in [0, 0.05) is 11.6 Å². The van der Waals surface area contributed by atoms with Gasteiger partial charge in [-0.2, -0.15) is 0 Å². The summed E-state index contributed by atoms with van der Waals surface area (Å²) in [5.41, 5.74) is 0.747. The maximum absolute atomic E-state index is 12.8. The summed E-state index contributed by atoms with van der Waals surface area (Å²) in [4.78, 5) is 12.8. The van der Waals surface area contributed by atoms with Crippen molar-refractivity contribution in [2.45, 2.75) is 0 Å². The van der Waals surface area contributed by atoms with E-state index in [-0.39, 0.29) is 33.6 Å². The van der Waals surface area contributed by atoms with Crippen LogP contribution in [0, 0.1) is 0 Å². The SMILES string of the molecule is COc1c(OC)c(OC)c2c(=O)cc(-c3ccccc3)oc2c1OC. The zero-order valence-electron chi connectivity index (χ0n) is 14.4. The first-order chi connectivity index (χ1) is 12.2. The van der Waals surface area contributed by atoms with Gasteiger partial charge in [-0.05, 0) is 0 Å². The lowest BCUT2D eigenvalue weighted by molar-refractivity contribution is 0.307. The zero-order chi connectivity index (χ0) is 18.0. The third-order valence-corrected chi connectivity index (χ3v) is 3.87. The number of hydrogen-bond acceptors (Lipinski definition) is 6. The van der Waals surface area contributed by atoms with Crippen molar-refractivity contribution in [3.63, 3.8) is 0 Å². The Morgan fingerprint density at radius 3 is 1.88 bits per heavy atom. The van der Waals surface area contributed by atoms with Gasteiger partial charge >= 0.3 is 0 Å². The molecule has 25 heavy (non-hydrogen) atoms. The largest absolute Gasteiger partial charge is 0.492 e. The number of benzene rings is 2. The molecule has 0 fully saturated rings. The maximum atomic E-state index is 12.8. The monoisotopic (exact) mass is 342 g/mol. The van der Waals surface area contributed by atoms with Crippen molar-refractivity contribution < 1.29 is 23.4 Å². The van der Waals surface area contributed by atoms with Crippen LogP contribution < -0.4 is 24.4 Å². The maximum Gasteiger partial charge on any atom is 0.211 e. The van der Waals surface area contributed by atoms with Gasteiger partial charge in [0.15, 0.2) is 16.8 Å². The van der Waals surface area contributed by atoms with E-state index in [1.54, 1.807) is 0 Å². The first-order valence-corrected chi connectivity index (χ1v) is 7.55. The van der Waals surface area contributed by atoms with Crippen LogP contribution in [0.15, 0.2) is 45.6 Å². The summed E-state index contributed by atoms with van der Waals surface area (Å²) in [6, 6.07) is 10.8. The van der Waals surface area contributed by atoms with Crippen molar-refractivity contribution in [3.05, 3.63) is 46.6 Å². The van der Waals surface area contributed by atoms with E-state index in [9.17, 15) is 4.79 Å². The molecular formula is C19H18O6. The molecule has 3 rings (SSSR count). The van der Waals surface area contributed by atoms with E-state index < -0.39 is 0 Å². The van der Waals surface area contributed by atoms with E-state index in [1.807, 2.05) is 30.3 Å². The van der Waals surface area contributed by atoms with E-state index in [2.05, 4.69) is 0 Å². The normalized spacial score (nSPS) is 10.6. The van der Waals surface area contributed by atoms with Crippen LogP contribution >= 0.6 is 0 Å². The zero-order valence-corrected chi connectivity index (χ0v) is 14.4. The molecule has 0 radical (unpaired) electrons. The molecule has 0 amide bonds. The van der Waals surface area contributed by atoms with Crippen LogP contribution in [0.5, 0.6) is 23.0 Å². The molecule has 6 nitrogen and oxygen atoms in total. The molecule has 0 aliphatic carbocycles. The average molecular weight is 342 g/mol. The summed E-state index contributed by atoms with van der Waals surface area (Å²) in [5, 5.41) is 0.233. The summed E-state index contributed by atoms with van der Waals surface area (Å²) in [5.74, 6) is 1.50. The highest BCUT2D eigenvalue weighted by Crippen LogP contribution is 2.50. The highest BCUT2D eigenvalue weighted by Gasteiger charge is 2.27. The fourth-order valence-corrected chi connectivity index (χ4v) is 2.79. The van der Waals surface area contributed by atoms with Crippen LogP contribution in [0.4, 0.5) is 0 Å². The number of methoxy groups -OCH3 is 4. The predicted molar refractivity (Wildman–Crippen MR) is 94.1 cm³/mol. The molecule has 0 atom stereocenters. The van der Waals surface area contributed by atoms with Crippen molar-refractivity contribution in [2.75, 3.05) is 28.4 Å². The lowest BCUT2D eigenvalue weighted by Crippen LogP contribution is -2.07. The second kappa shape index (κ2) is 6.76. The fourth-order valence-electron chi connectivity index (χ4n) is 2.79. The second-order valence-electron chi connectivity index (χ2n) is 5.18. The molecule has 1 heterocycles. The summed E-state index contributed by atoms with van der Waals surface area (Å²) in [6.45, 7) is 0. The molecule has 0 saturated heterocycles. The smallest absolute Gasteiger partial charge is 0.211 e. The summed E-state index contributed by atoms with van der Waals surface area (Å²) < 4.78 is 27.6. The Hall–Kier alpha value is -3.15. The van der Waals surface area contributed by atoms with Gasteiger partial charge in [0.1, 0.15) is 11.1 Å². The number of fused-ring (bicyclic) bond motifs is 1. The number of hydrogen-bond donors (Lipinski definition) is 0. The minimum atomic E-state index is -0.267. The van der Waals surface area contributed by atoms with Gasteiger partial charge in [-0.15, -0.1) is 0 Å². The van der Waals surface area contributed by atoms with Crippen molar-refractivity contribution in [1.82, 2.24) is 0 Å². The quantitative estimate of drug-likeness (QED) is 0.707. The van der Waals surface area contributed by atoms with Gasteiger partial charge in [-0.25, -0.2) is 0 Å². The van der Waals surface area contributed by atoms with Gasteiger partial charge in [-0.1, -0.05) is 30.3 Å².